The summed E-state index contributed by atoms with van der Waals surface area (Å²) in [5.74, 6) is -0.0209. The van der Waals surface area contributed by atoms with Gasteiger partial charge in [-0.2, -0.15) is 0 Å². The topological polar surface area (TPSA) is 40.5 Å². The molecule has 0 saturated heterocycles. The van der Waals surface area contributed by atoms with Gasteiger partial charge in [0, 0.05) is 12.6 Å². The fourth-order valence-electron chi connectivity index (χ4n) is 3.55. The Bertz CT molecular complexity index is 493. The van der Waals surface area contributed by atoms with E-state index in [1.807, 2.05) is 12.1 Å². The molecule has 0 bridgehead atoms. The van der Waals surface area contributed by atoms with Crippen LogP contribution < -0.4 is 0 Å². The predicted molar refractivity (Wildman–Crippen MR) is 90.1 cm³/mol. The van der Waals surface area contributed by atoms with E-state index in [-0.39, 0.29) is 0 Å². The molecule has 0 spiro atoms. The second kappa shape index (κ2) is 6.82. The van der Waals surface area contributed by atoms with Crippen LogP contribution in [0.15, 0.2) is 24.3 Å². The van der Waals surface area contributed by atoms with Crippen molar-refractivity contribution in [1.29, 1.82) is 0 Å². The molecular weight excluding hydrogens is 274 g/mol. The van der Waals surface area contributed by atoms with Crippen LogP contribution in [0.1, 0.15) is 62.4 Å². The number of benzene rings is 1. The molecule has 22 heavy (non-hydrogen) atoms. The molecule has 1 fully saturated rings. The van der Waals surface area contributed by atoms with Crippen molar-refractivity contribution >= 4 is 5.97 Å². The average molecular weight is 303 g/mol. The Morgan fingerprint density at radius 2 is 1.68 bits per heavy atom. The minimum Gasteiger partial charge on any atom is -0.478 e. The van der Waals surface area contributed by atoms with Crippen molar-refractivity contribution in [2.75, 3.05) is 7.05 Å². The molecule has 0 atom stereocenters. The maximum atomic E-state index is 10.9. The van der Waals surface area contributed by atoms with Crippen LogP contribution in [0.3, 0.4) is 0 Å². The molecule has 1 aliphatic rings. The predicted octanol–water partition coefficient (Wildman–Crippen LogP) is 4.42. The molecule has 0 amide bonds. The van der Waals surface area contributed by atoms with E-state index in [9.17, 15) is 4.79 Å². The highest BCUT2D eigenvalue weighted by molar-refractivity contribution is 5.87. The molecule has 122 valence electrons. The summed E-state index contributed by atoms with van der Waals surface area (Å²) in [6, 6.07) is 7.91. The molecule has 0 radical (unpaired) electrons. The van der Waals surface area contributed by atoms with Gasteiger partial charge in [-0.05, 0) is 61.8 Å². The Morgan fingerprint density at radius 1 is 1.14 bits per heavy atom. The Hall–Kier alpha value is -1.35. The number of aromatic carboxylic acids is 1. The normalized spacial score (nSPS) is 22.8. The summed E-state index contributed by atoms with van der Waals surface area (Å²) in [6.07, 6.45) is 5.17. The molecule has 0 unspecified atom stereocenters. The van der Waals surface area contributed by atoms with E-state index >= 15 is 0 Å². The van der Waals surface area contributed by atoms with Gasteiger partial charge >= 0.3 is 5.97 Å². The second-order valence-corrected chi connectivity index (χ2v) is 7.79. The van der Waals surface area contributed by atoms with Gasteiger partial charge in [0.1, 0.15) is 0 Å². The molecule has 0 aliphatic heterocycles. The van der Waals surface area contributed by atoms with Gasteiger partial charge in [-0.15, -0.1) is 0 Å². The lowest BCUT2D eigenvalue weighted by Crippen LogP contribution is -2.37. The van der Waals surface area contributed by atoms with Crippen molar-refractivity contribution < 1.29 is 9.90 Å². The summed E-state index contributed by atoms with van der Waals surface area (Å²) < 4.78 is 0. The van der Waals surface area contributed by atoms with Gasteiger partial charge in [-0.3, -0.25) is 4.90 Å². The third-order valence-electron chi connectivity index (χ3n) is 5.18. The lowest BCUT2D eigenvalue weighted by atomic mass is 9.71. The minimum absolute atomic E-state index is 0.358. The Labute approximate surface area is 134 Å². The van der Waals surface area contributed by atoms with Crippen molar-refractivity contribution in [3.05, 3.63) is 35.4 Å². The van der Waals surface area contributed by atoms with Crippen LogP contribution in [0.25, 0.3) is 0 Å². The number of carbonyl (C=O) groups is 1. The van der Waals surface area contributed by atoms with Crippen LogP contribution in [-0.4, -0.2) is 29.1 Å². The summed E-state index contributed by atoms with van der Waals surface area (Å²) in [4.78, 5) is 13.3. The van der Waals surface area contributed by atoms with E-state index in [1.165, 1.54) is 31.2 Å². The first-order valence-corrected chi connectivity index (χ1v) is 8.30. The van der Waals surface area contributed by atoms with E-state index in [0.717, 1.165) is 12.5 Å². The van der Waals surface area contributed by atoms with Crippen LogP contribution >= 0.6 is 0 Å². The highest BCUT2D eigenvalue weighted by atomic mass is 16.4. The first-order chi connectivity index (χ1) is 10.3. The first-order valence-electron chi connectivity index (χ1n) is 8.30. The molecule has 0 aromatic heterocycles. The smallest absolute Gasteiger partial charge is 0.335 e. The standard InChI is InChI=1S/C19H29NO2/c1-19(2,3)16-9-11-17(12-10-16)20(4)13-14-5-7-15(8-6-14)18(21)22/h5-8,16-17H,9-13H2,1-4H3,(H,21,22). The van der Waals surface area contributed by atoms with Gasteiger partial charge in [0.2, 0.25) is 0 Å². The summed E-state index contributed by atoms with van der Waals surface area (Å²) in [5, 5.41) is 8.94. The first kappa shape index (κ1) is 17.0. The van der Waals surface area contributed by atoms with E-state index < -0.39 is 5.97 Å². The fraction of sp³-hybridized carbons (Fsp3) is 0.632. The minimum atomic E-state index is -0.861. The number of hydrogen-bond acceptors (Lipinski definition) is 2. The van der Waals surface area contributed by atoms with Crippen LogP contribution in [0.4, 0.5) is 0 Å². The monoisotopic (exact) mass is 303 g/mol. The SMILES string of the molecule is CN(Cc1ccc(C(=O)O)cc1)C1CCC(C(C)(C)C)CC1. The number of rotatable bonds is 4. The highest BCUT2D eigenvalue weighted by Gasteiger charge is 2.30. The van der Waals surface area contributed by atoms with E-state index in [0.29, 0.717) is 17.0 Å². The van der Waals surface area contributed by atoms with Gasteiger partial charge in [0.15, 0.2) is 0 Å². The third-order valence-corrected chi connectivity index (χ3v) is 5.18. The van der Waals surface area contributed by atoms with Crippen molar-refractivity contribution in [1.82, 2.24) is 4.90 Å². The molecule has 1 aliphatic carbocycles. The zero-order valence-corrected chi connectivity index (χ0v) is 14.3. The zero-order chi connectivity index (χ0) is 16.3. The molecule has 3 nitrogen and oxygen atoms in total. The lowest BCUT2D eigenvalue weighted by molar-refractivity contribution is 0.0697. The van der Waals surface area contributed by atoms with Crippen LogP contribution in [0, 0.1) is 11.3 Å². The van der Waals surface area contributed by atoms with Gasteiger partial charge in [0.25, 0.3) is 0 Å². The molecule has 3 heteroatoms. The number of carboxylic acids is 1. The van der Waals surface area contributed by atoms with Gasteiger partial charge in [0.05, 0.1) is 5.56 Å². The van der Waals surface area contributed by atoms with Crippen LogP contribution in [-0.2, 0) is 6.54 Å². The Balaban J connectivity index is 1.88. The molecule has 1 aromatic rings. The molecule has 1 N–H and O–H groups in total. The van der Waals surface area contributed by atoms with E-state index in [1.54, 1.807) is 12.1 Å². The van der Waals surface area contributed by atoms with E-state index in [4.69, 9.17) is 5.11 Å². The average Bonchev–Trinajstić information content (AvgIpc) is 2.47. The van der Waals surface area contributed by atoms with Crippen molar-refractivity contribution in [2.45, 2.75) is 59.0 Å². The molecular formula is C19H29NO2. The second-order valence-electron chi connectivity index (χ2n) is 7.79. The fourth-order valence-corrected chi connectivity index (χ4v) is 3.55. The quantitative estimate of drug-likeness (QED) is 0.895. The number of carboxylic acid groups (broad SMARTS) is 1. The molecule has 0 heterocycles. The lowest BCUT2D eigenvalue weighted by Gasteiger charge is -2.40. The molecule has 1 saturated carbocycles. The zero-order valence-electron chi connectivity index (χ0n) is 14.3. The molecule has 1 aromatic carbocycles. The van der Waals surface area contributed by atoms with Crippen molar-refractivity contribution in [2.24, 2.45) is 11.3 Å². The summed E-state index contributed by atoms with van der Waals surface area (Å²) in [7, 11) is 2.19. The number of nitrogens with zero attached hydrogens (tertiary/aromatic N) is 1. The Kier molecular flexibility index (Phi) is 5.28. The van der Waals surface area contributed by atoms with Gasteiger partial charge in [-0.1, -0.05) is 32.9 Å². The maximum Gasteiger partial charge on any atom is 0.335 e. The van der Waals surface area contributed by atoms with E-state index in [2.05, 4.69) is 32.7 Å². The largest absolute Gasteiger partial charge is 0.478 e. The maximum absolute atomic E-state index is 10.9. The third kappa shape index (κ3) is 4.33. The molecule has 2 rings (SSSR count). The summed E-state index contributed by atoms with van der Waals surface area (Å²) in [5.41, 5.74) is 1.97. The van der Waals surface area contributed by atoms with Crippen LogP contribution in [0.5, 0.6) is 0 Å². The van der Waals surface area contributed by atoms with Crippen LogP contribution in [0.2, 0.25) is 0 Å². The van der Waals surface area contributed by atoms with Gasteiger partial charge in [-0.25, -0.2) is 4.79 Å². The Morgan fingerprint density at radius 3 is 2.14 bits per heavy atom. The highest BCUT2D eigenvalue weighted by Crippen LogP contribution is 2.38. The van der Waals surface area contributed by atoms with Gasteiger partial charge < -0.3 is 5.11 Å². The summed E-state index contributed by atoms with van der Waals surface area (Å²) in [6.45, 7) is 7.95. The van der Waals surface area contributed by atoms with Crippen molar-refractivity contribution in [3.8, 4) is 0 Å². The van der Waals surface area contributed by atoms with Crippen molar-refractivity contribution in [3.63, 3.8) is 0 Å². The summed E-state index contributed by atoms with van der Waals surface area (Å²) >= 11 is 0. The number of hydrogen-bond donors (Lipinski definition) is 1.